The van der Waals surface area contributed by atoms with Crippen LogP contribution in [0, 0.1) is 0 Å². The summed E-state index contributed by atoms with van der Waals surface area (Å²) in [5.41, 5.74) is 0. The molecule has 0 saturated carbocycles. The SMILES string of the molecule is CCCCCCCCCCCCCCCCCCCCCCCCCCCCCCCCC(=O)NC(COP(=O)([O-])OCC[N+](C)(C)C)C(O)CCCCCCCCCCCCC. The molecule has 8 nitrogen and oxygen atoms in total. The zero-order valence-electron chi connectivity index (χ0n) is 43.1. The highest BCUT2D eigenvalue weighted by Crippen LogP contribution is 2.38. The van der Waals surface area contributed by atoms with Crippen molar-refractivity contribution in [3.63, 3.8) is 0 Å². The minimum atomic E-state index is -4.56. The van der Waals surface area contributed by atoms with Gasteiger partial charge in [-0.15, -0.1) is 0 Å². The first kappa shape index (κ1) is 62.5. The fourth-order valence-electron chi connectivity index (χ4n) is 8.69. The standard InChI is InChI=1S/C54H111N2O6P/c1-6-8-10-12-14-16-18-19-20-21-22-23-24-25-26-27-28-29-30-31-32-33-34-35-36-38-40-42-44-46-48-54(58)55-52(51-62-63(59,60)61-50-49-56(3,4)5)53(57)47-45-43-41-39-37-17-15-13-11-9-7-2/h52-53,57H,6-51H2,1-5H3,(H-,55,58,59,60). The number of hydrogen-bond acceptors (Lipinski definition) is 6. The summed E-state index contributed by atoms with van der Waals surface area (Å²) in [6, 6.07) is -0.793. The highest BCUT2D eigenvalue weighted by molar-refractivity contribution is 7.45. The molecule has 0 heterocycles. The molecule has 9 heteroatoms. The van der Waals surface area contributed by atoms with Crippen molar-refractivity contribution in [2.24, 2.45) is 0 Å². The molecule has 3 atom stereocenters. The number of nitrogens with zero attached hydrogens (tertiary/aromatic N) is 1. The smallest absolute Gasteiger partial charge is 0.268 e. The third kappa shape index (κ3) is 49.2. The molecule has 3 unspecified atom stereocenters. The molecule has 63 heavy (non-hydrogen) atoms. The van der Waals surface area contributed by atoms with Gasteiger partial charge in [-0.05, 0) is 12.8 Å². The molecule has 0 spiro atoms. The number of aliphatic hydroxyl groups excluding tert-OH is 1. The van der Waals surface area contributed by atoms with Gasteiger partial charge in [0.25, 0.3) is 7.82 Å². The van der Waals surface area contributed by atoms with Gasteiger partial charge in [0.15, 0.2) is 0 Å². The Morgan fingerprint density at radius 1 is 0.492 bits per heavy atom. The van der Waals surface area contributed by atoms with Crippen molar-refractivity contribution in [1.82, 2.24) is 5.32 Å². The van der Waals surface area contributed by atoms with E-state index >= 15 is 0 Å². The average molecular weight is 915 g/mol. The maximum atomic E-state index is 12.9. The van der Waals surface area contributed by atoms with E-state index in [4.69, 9.17) is 9.05 Å². The Bertz CT molecular complexity index is 994. The highest BCUT2D eigenvalue weighted by atomic mass is 31.2. The Morgan fingerprint density at radius 2 is 0.778 bits per heavy atom. The summed E-state index contributed by atoms with van der Waals surface area (Å²) in [5.74, 6) is -0.159. The number of unbranched alkanes of at least 4 members (excludes halogenated alkanes) is 39. The quantitative estimate of drug-likeness (QED) is 0.0357. The maximum Gasteiger partial charge on any atom is 0.268 e. The maximum absolute atomic E-state index is 12.9. The normalized spacial score (nSPS) is 14.0. The lowest BCUT2D eigenvalue weighted by atomic mass is 10.0. The van der Waals surface area contributed by atoms with Crippen LogP contribution in [0.5, 0.6) is 0 Å². The minimum absolute atomic E-state index is 0.0162. The fraction of sp³-hybridized carbons (Fsp3) is 0.981. The van der Waals surface area contributed by atoms with E-state index in [1.807, 2.05) is 21.1 Å². The number of aliphatic hydroxyl groups is 1. The van der Waals surface area contributed by atoms with E-state index in [1.54, 1.807) is 0 Å². The van der Waals surface area contributed by atoms with Crippen molar-refractivity contribution >= 4 is 13.7 Å². The minimum Gasteiger partial charge on any atom is -0.756 e. The van der Waals surface area contributed by atoms with Crippen LogP contribution in [0.2, 0.25) is 0 Å². The molecular weight excluding hydrogens is 804 g/mol. The monoisotopic (exact) mass is 915 g/mol. The zero-order chi connectivity index (χ0) is 46.4. The molecule has 0 rings (SSSR count). The third-order valence-electron chi connectivity index (χ3n) is 13.1. The number of likely N-dealkylation sites (N-methyl/N-ethyl adjacent to an activating group) is 1. The van der Waals surface area contributed by atoms with Gasteiger partial charge in [0.1, 0.15) is 13.2 Å². The average Bonchev–Trinajstić information content (AvgIpc) is 3.24. The summed E-state index contributed by atoms with van der Waals surface area (Å²) in [5, 5.41) is 13.9. The Kier molecular flexibility index (Phi) is 46.2. The second kappa shape index (κ2) is 46.6. The van der Waals surface area contributed by atoms with Crippen LogP contribution >= 0.6 is 7.82 Å². The Labute approximate surface area is 393 Å². The molecule has 0 aliphatic carbocycles. The zero-order valence-corrected chi connectivity index (χ0v) is 44.0. The van der Waals surface area contributed by atoms with Gasteiger partial charge < -0.3 is 28.8 Å². The van der Waals surface area contributed by atoms with Crippen molar-refractivity contribution in [2.75, 3.05) is 40.9 Å². The molecular formula is C54H111N2O6P. The number of phosphoric acid groups is 1. The first-order valence-electron chi connectivity index (χ1n) is 27.9. The highest BCUT2D eigenvalue weighted by Gasteiger charge is 2.24. The summed E-state index contributed by atoms with van der Waals surface area (Å²) in [7, 11) is 1.32. The van der Waals surface area contributed by atoms with Crippen LogP contribution < -0.4 is 10.2 Å². The van der Waals surface area contributed by atoms with Crippen LogP contribution in [0.1, 0.15) is 290 Å². The van der Waals surface area contributed by atoms with Crippen molar-refractivity contribution < 1.29 is 32.9 Å². The second-order valence-corrected chi connectivity index (χ2v) is 22.1. The van der Waals surface area contributed by atoms with Gasteiger partial charge in [-0.3, -0.25) is 9.36 Å². The van der Waals surface area contributed by atoms with Gasteiger partial charge in [-0.1, -0.05) is 271 Å². The molecule has 0 aliphatic rings. The summed E-state index contributed by atoms with van der Waals surface area (Å²) >= 11 is 0. The predicted octanol–water partition coefficient (Wildman–Crippen LogP) is 15.9. The van der Waals surface area contributed by atoms with E-state index in [0.717, 1.165) is 38.5 Å². The summed E-state index contributed by atoms with van der Waals surface area (Å²) in [6.45, 7) is 4.75. The molecule has 0 saturated heterocycles. The number of quaternary nitrogens is 1. The number of carbonyl (C=O) groups is 1. The molecule has 0 radical (unpaired) electrons. The van der Waals surface area contributed by atoms with Crippen molar-refractivity contribution in [1.29, 1.82) is 0 Å². The van der Waals surface area contributed by atoms with Crippen LogP contribution in [0.4, 0.5) is 0 Å². The van der Waals surface area contributed by atoms with E-state index in [-0.39, 0.29) is 19.1 Å². The number of rotatable bonds is 52. The lowest BCUT2D eigenvalue weighted by Gasteiger charge is -2.30. The van der Waals surface area contributed by atoms with Crippen LogP contribution in [-0.4, -0.2) is 68.5 Å². The van der Waals surface area contributed by atoms with Crippen molar-refractivity contribution in [3.8, 4) is 0 Å². The van der Waals surface area contributed by atoms with Crippen LogP contribution in [0.3, 0.4) is 0 Å². The molecule has 0 aromatic carbocycles. The van der Waals surface area contributed by atoms with Gasteiger partial charge in [-0.2, -0.15) is 0 Å². The van der Waals surface area contributed by atoms with E-state index in [1.165, 1.54) is 225 Å². The third-order valence-corrected chi connectivity index (χ3v) is 14.1. The van der Waals surface area contributed by atoms with Crippen molar-refractivity contribution in [3.05, 3.63) is 0 Å². The van der Waals surface area contributed by atoms with E-state index < -0.39 is 20.0 Å². The Morgan fingerprint density at radius 3 is 1.08 bits per heavy atom. The van der Waals surface area contributed by atoms with Gasteiger partial charge in [0, 0.05) is 6.42 Å². The number of hydrogen-bond donors (Lipinski definition) is 2. The lowest BCUT2D eigenvalue weighted by Crippen LogP contribution is -2.46. The molecule has 0 aliphatic heterocycles. The van der Waals surface area contributed by atoms with Crippen LogP contribution in [0.15, 0.2) is 0 Å². The summed E-state index contributed by atoms with van der Waals surface area (Å²) in [4.78, 5) is 25.4. The number of nitrogens with one attached hydrogen (secondary N) is 1. The Hall–Kier alpha value is -0.500. The first-order chi connectivity index (χ1) is 30.5. The second-order valence-electron chi connectivity index (χ2n) is 20.7. The van der Waals surface area contributed by atoms with Gasteiger partial charge in [0.05, 0.1) is 39.9 Å². The molecule has 378 valence electrons. The van der Waals surface area contributed by atoms with Gasteiger partial charge >= 0.3 is 0 Å². The molecule has 2 N–H and O–H groups in total. The topological polar surface area (TPSA) is 108 Å². The van der Waals surface area contributed by atoms with E-state index in [2.05, 4.69) is 19.2 Å². The number of carbonyl (C=O) groups excluding carboxylic acids is 1. The fourth-order valence-corrected chi connectivity index (χ4v) is 9.41. The van der Waals surface area contributed by atoms with Crippen LogP contribution in [0.25, 0.3) is 0 Å². The summed E-state index contributed by atoms with van der Waals surface area (Å²) < 4.78 is 23.3. The summed E-state index contributed by atoms with van der Waals surface area (Å²) in [6.07, 6.45) is 54.4. The Balaban J connectivity index is 3.94. The molecule has 0 aromatic heterocycles. The van der Waals surface area contributed by atoms with Gasteiger partial charge in [-0.25, -0.2) is 0 Å². The molecule has 1 amide bonds. The predicted molar refractivity (Wildman–Crippen MR) is 270 cm³/mol. The molecule has 0 aromatic rings. The van der Waals surface area contributed by atoms with E-state index in [0.29, 0.717) is 23.9 Å². The van der Waals surface area contributed by atoms with E-state index in [9.17, 15) is 19.4 Å². The number of amides is 1. The van der Waals surface area contributed by atoms with Crippen molar-refractivity contribution in [2.45, 2.75) is 302 Å². The number of phosphoric ester groups is 1. The molecule has 0 bridgehead atoms. The first-order valence-corrected chi connectivity index (χ1v) is 29.3. The van der Waals surface area contributed by atoms with Gasteiger partial charge in [0.2, 0.25) is 5.91 Å². The lowest BCUT2D eigenvalue weighted by molar-refractivity contribution is -0.870. The largest absolute Gasteiger partial charge is 0.756 e. The molecule has 0 fully saturated rings. The van der Waals surface area contributed by atoms with Crippen LogP contribution in [-0.2, 0) is 18.4 Å².